The van der Waals surface area contributed by atoms with Gasteiger partial charge in [-0.05, 0) is 26.0 Å². The fraction of sp³-hybridized carbons (Fsp3) is 0.412. The van der Waals surface area contributed by atoms with Gasteiger partial charge in [-0.3, -0.25) is 9.59 Å². The van der Waals surface area contributed by atoms with Gasteiger partial charge in [0, 0.05) is 19.0 Å². The van der Waals surface area contributed by atoms with E-state index in [4.69, 9.17) is 0 Å². The van der Waals surface area contributed by atoms with Crippen LogP contribution in [0, 0.1) is 5.92 Å². The lowest BCUT2D eigenvalue weighted by molar-refractivity contribution is -0.129. The molecule has 10 heteroatoms. The quantitative estimate of drug-likeness (QED) is 0.779. The van der Waals surface area contributed by atoms with Crippen molar-refractivity contribution in [2.24, 2.45) is 5.92 Å². The Hall–Kier alpha value is -2.33. The number of nitrogens with zero attached hydrogens (tertiary/aromatic N) is 3. The van der Waals surface area contributed by atoms with Crippen LogP contribution in [0.1, 0.15) is 25.3 Å². The lowest BCUT2D eigenvalue weighted by Crippen LogP contribution is -2.33. The molecule has 3 rings (SSSR count). The maximum absolute atomic E-state index is 12.4. The van der Waals surface area contributed by atoms with Crippen LogP contribution >= 0.6 is 11.3 Å². The minimum Gasteiger partial charge on any atom is -0.339 e. The molecular weight excluding hydrogens is 388 g/mol. The third-order valence-corrected chi connectivity index (χ3v) is 6.93. The fourth-order valence-corrected chi connectivity index (χ4v) is 5.21. The highest BCUT2D eigenvalue weighted by atomic mass is 32.2. The Morgan fingerprint density at radius 2 is 2.00 bits per heavy atom. The predicted molar refractivity (Wildman–Crippen MR) is 101 cm³/mol. The molecule has 0 bridgehead atoms. The maximum Gasteiger partial charge on any atom is 0.231 e. The Labute approximate surface area is 161 Å². The number of hydrogen-bond acceptors (Lipinski definition) is 7. The zero-order chi connectivity index (χ0) is 19.6. The van der Waals surface area contributed by atoms with Crippen molar-refractivity contribution in [3.8, 4) is 0 Å². The van der Waals surface area contributed by atoms with Crippen molar-refractivity contribution in [2.75, 3.05) is 11.9 Å². The first-order valence-electron chi connectivity index (χ1n) is 8.47. The molecule has 2 aromatic rings. The highest BCUT2D eigenvalue weighted by molar-refractivity contribution is 7.90. The summed E-state index contributed by atoms with van der Waals surface area (Å²) < 4.78 is 24.8. The average molecular weight is 409 g/mol. The monoisotopic (exact) mass is 408 g/mol. The maximum atomic E-state index is 12.4. The smallest absolute Gasteiger partial charge is 0.231 e. The molecule has 1 N–H and O–H groups in total. The van der Waals surface area contributed by atoms with Crippen LogP contribution in [0.4, 0.5) is 5.13 Å². The normalized spacial score (nSPS) is 17.5. The number of carbonyl (C=O) groups excluding carboxylic acids is 2. The molecule has 0 saturated carbocycles. The van der Waals surface area contributed by atoms with Crippen LogP contribution in [-0.2, 0) is 25.2 Å². The molecule has 2 heterocycles. The van der Waals surface area contributed by atoms with E-state index in [1.165, 1.54) is 12.1 Å². The third kappa shape index (κ3) is 4.51. The van der Waals surface area contributed by atoms with Crippen LogP contribution in [0.25, 0.3) is 0 Å². The Balaban J connectivity index is 1.63. The molecule has 0 spiro atoms. The Morgan fingerprint density at radius 1 is 1.30 bits per heavy atom. The summed E-state index contributed by atoms with van der Waals surface area (Å²) in [5.41, 5.74) is 0. The summed E-state index contributed by atoms with van der Waals surface area (Å²) in [6.45, 7) is 4.18. The van der Waals surface area contributed by atoms with Crippen molar-refractivity contribution in [1.82, 2.24) is 15.1 Å². The van der Waals surface area contributed by atoms with Crippen LogP contribution in [0.5, 0.6) is 0 Å². The van der Waals surface area contributed by atoms with E-state index in [9.17, 15) is 18.0 Å². The molecule has 1 atom stereocenters. The van der Waals surface area contributed by atoms with E-state index < -0.39 is 15.8 Å². The van der Waals surface area contributed by atoms with Gasteiger partial charge < -0.3 is 10.2 Å². The zero-order valence-corrected chi connectivity index (χ0v) is 16.6. The van der Waals surface area contributed by atoms with Crippen molar-refractivity contribution in [2.45, 2.75) is 37.0 Å². The first kappa shape index (κ1) is 19.4. The second-order valence-corrected chi connectivity index (χ2v) is 9.65. The van der Waals surface area contributed by atoms with Crippen LogP contribution in [-0.4, -0.2) is 47.9 Å². The molecule has 8 nitrogen and oxygen atoms in total. The van der Waals surface area contributed by atoms with E-state index in [1.54, 1.807) is 23.1 Å². The summed E-state index contributed by atoms with van der Waals surface area (Å²) in [7, 11) is -3.52. The summed E-state index contributed by atoms with van der Waals surface area (Å²) in [4.78, 5) is 26.2. The number of anilines is 1. The van der Waals surface area contributed by atoms with Gasteiger partial charge in [0.25, 0.3) is 0 Å². The first-order valence-corrected chi connectivity index (χ1v) is 10.9. The minimum atomic E-state index is -3.52. The van der Waals surface area contributed by atoms with Crippen molar-refractivity contribution in [3.05, 3.63) is 35.3 Å². The molecule has 1 aromatic heterocycles. The summed E-state index contributed by atoms with van der Waals surface area (Å²) in [5.74, 6) is -1.08. The first-order chi connectivity index (χ1) is 12.8. The van der Waals surface area contributed by atoms with E-state index in [-0.39, 0.29) is 40.1 Å². The molecule has 1 aliphatic heterocycles. The summed E-state index contributed by atoms with van der Waals surface area (Å²) in [6, 6.07) is 8.15. The molecule has 0 aliphatic carbocycles. The van der Waals surface area contributed by atoms with E-state index in [2.05, 4.69) is 15.5 Å². The van der Waals surface area contributed by atoms with Crippen LogP contribution in [0.3, 0.4) is 0 Å². The number of carbonyl (C=O) groups is 2. The van der Waals surface area contributed by atoms with Crippen LogP contribution in [0.15, 0.2) is 35.2 Å². The molecule has 2 amide bonds. The molecule has 0 unspecified atom stereocenters. The zero-order valence-electron chi connectivity index (χ0n) is 15.0. The van der Waals surface area contributed by atoms with E-state index in [0.717, 1.165) is 11.3 Å². The van der Waals surface area contributed by atoms with Gasteiger partial charge in [0.1, 0.15) is 10.8 Å². The molecule has 1 aromatic carbocycles. The van der Waals surface area contributed by atoms with E-state index >= 15 is 0 Å². The van der Waals surface area contributed by atoms with Gasteiger partial charge in [0.05, 0.1) is 10.8 Å². The number of aromatic nitrogens is 2. The molecular formula is C17H20N4O4S2. The number of rotatable bonds is 6. The Bertz CT molecular complexity index is 941. The number of benzene rings is 1. The highest BCUT2D eigenvalue weighted by Gasteiger charge is 2.35. The van der Waals surface area contributed by atoms with E-state index in [0.29, 0.717) is 11.6 Å². The summed E-state index contributed by atoms with van der Waals surface area (Å²) >= 11 is 1.02. The third-order valence-electron chi connectivity index (χ3n) is 4.27. The van der Waals surface area contributed by atoms with Crippen molar-refractivity contribution in [1.29, 1.82) is 0 Å². The largest absolute Gasteiger partial charge is 0.339 e. The summed E-state index contributed by atoms with van der Waals surface area (Å²) in [5, 5.41) is 10.9. The Morgan fingerprint density at radius 3 is 2.63 bits per heavy atom. The number of amides is 2. The topological polar surface area (TPSA) is 109 Å². The molecule has 1 saturated heterocycles. The highest BCUT2D eigenvalue weighted by Crippen LogP contribution is 2.24. The molecule has 1 fully saturated rings. The standard InChI is InChI=1S/C17H20N4O4S2/c1-11(2)21-9-12(8-15(21)22)16(23)18-17-20-19-14(26-17)10-27(24,25)13-6-4-3-5-7-13/h3-7,11-12H,8-10H2,1-2H3,(H,18,20,23)/t12-/m0/s1. The van der Waals surface area contributed by atoms with Gasteiger partial charge in [-0.2, -0.15) is 0 Å². The number of hydrogen-bond donors (Lipinski definition) is 1. The lowest BCUT2D eigenvalue weighted by Gasteiger charge is -2.20. The number of nitrogens with one attached hydrogen (secondary N) is 1. The van der Waals surface area contributed by atoms with Gasteiger partial charge in [-0.25, -0.2) is 8.42 Å². The second-order valence-electron chi connectivity index (χ2n) is 6.60. The molecule has 1 aliphatic rings. The van der Waals surface area contributed by atoms with Crippen LogP contribution in [0.2, 0.25) is 0 Å². The molecule has 0 radical (unpaired) electrons. The van der Waals surface area contributed by atoms with Gasteiger partial charge in [0.15, 0.2) is 9.84 Å². The van der Waals surface area contributed by atoms with Crippen LogP contribution < -0.4 is 5.32 Å². The Kier molecular flexibility index (Phi) is 5.56. The number of sulfone groups is 1. The summed E-state index contributed by atoms with van der Waals surface area (Å²) in [6.07, 6.45) is 0.165. The number of likely N-dealkylation sites (tertiary alicyclic amines) is 1. The SMILES string of the molecule is CC(C)N1C[C@@H](C(=O)Nc2nnc(CS(=O)(=O)c3ccccc3)s2)CC1=O. The molecule has 144 valence electrons. The van der Waals surface area contributed by atoms with Gasteiger partial charge in [-0.15, -0.1) is 10.2 Å². The van der Waals surface area contributed by atoms with Gasteiger partial charge in [0.2, 0.25) is 16.9 Å². The fourth-order valence-electron chi connectivity index (χ4n) is 2.85. The predicted octanol–water partition coefficient (Wildman–Crippen LogP) is 1.71. The average Bonchev–Trinajstić information content (AvgIpc) is 3.21. The van der Waals surface area contributed by atoms with Crippen molar-refractivity contribution in [3.63, 3.8) is 0 Å². The van der Waals surface area contributed by atoms with Crippen molar-refractivity contribution >= 4 is 38.1 Å². The van der Waals surface area contributed by atoms with E-state index in [1.807, 2.05) is 13.8 Å². The van der Waals surface area contributed by atoms with Gasteiger partial charge >= 0.3 is 0 Å². The minimum absolute atomic E-state index is 0.0444. The van der Waals surface area contributed by atoms with Gasteiger partial charge in [-0.1, -0.05) is 29.5 Å². The lowest BCUT2D eigenvalue weighted by atomic mass is 10.1. The molecule has 27 heavy (non-hydrogen) atoms. The van der Waals surface area contributed by atoms with Crippen molar-refractivity contribution < 1.29 is 18.0 Å². The second kappa shape index (κ2) is 7.73.